The van der Waals surface area contributed by atoms with Gasteiger partial charge in [-0.3, -0.25) is 4.99 Å². The summed E-state index contributed by atoms with van der Waals surface area (Å²) in [4.78, 5) is 9.26. The lowest BCUT2D eigenvalue weighted by Gasteiger charge is -2.33. The van der Waals surface area contributed by atoms with E-state index < -0.39 is 0 Å². The Labute approximate surface area is 159 Å². The molecule has 0 amide bonds. The molecule has 0 aromatic rings. The van der Waals surface area contributed by atoms with Crippen LogP contribution in [-0.2, 0) is 4.74 Å². The van der Waals surface area contributed by atoms with E-state index in [1.165, 1.54) is 51.6 Å². The van der Waals surface area contributed by atoms with E-state index in [2.05, 4.69) is 27.2 Å². The van der Waals surface area contributed by atoms with Crippen molar-refractivity contribution in [3.05, 3.63) is 0 Å². The van der Waals surface area contributed by atoms with Crippen LogP contribution >= 0.6 is 24.0 Å². The molecule has 1 aliphatic carbocycles. The van der Waals surface area contributed by atoms with Crippen molar-refractivity contribution in [3.8, 4) is 0 Å². The number of nitrogens with one attached hydrogen (secondary N) is 1. The van der Waals surface area contributed by atoms with Gasteiger partial charge in [0.1, 0.15) is 0 Å². The van der Waals surface area contributed by atoms with Crippen LogP contribution in [0.1, 0.15) is 38.5 Å². The lowest BCUT2D eigenvalue weighted by atomic mass is 9.73. The number of ether oxygens (including phenoxy) is 1. The Hall–Kier alpha value is -0.0800. The minimum Gasteiger partial charge on any atom is -0.383 e. The fourth-order valence-corrected chi connectivity index (χ4v) is 3.88. The standard InChI is InChI=1S/C17H34N4O.HI/c1-18-16(19-10-12-20(2)13-14-22-3)21-11-9-17(15-21)7-5-4-6-8-17;/h4-15H2,1-3H3,(H,18,19);1H. The predicted molar refractivity (Wildman–Crippen MR) is 108 cm³/mol. The van der Waals surface area contributed by atoms with Crippen molar-refractivity contribution in [2.24, 2.45) is 10.4 Å². The molecule has 0 unspecified atom stereocenters. The lowest BCUT2D eigenvalue weighted by molar-refractivity contribution is 0.162. The van der Waals surface area contributed by atoms with Gasteiger partial charge >= 0.3 is 0 Å². The van der Waals surface area contributed by atoms with E-state index in [4.69, 9.17) is 4.74 Å². The number of halogens is 1. The highest BCUT2D eigenvalue weighted by Gasteiger charge is 2.39. The molecule has 2 fully saturated rings. The van der Waals surface area contributed by atoms with Gasteiger partial charge < -0.3 is 19.9 Å². The number of rotatable bonds is 6. The monoisotopic (exact) mass is 438 g/mol. The van der Waals surface area contributed by atoms with Gasteiger partial charge in [-0.2, -0.15) is 0 Å². The summed E-state index contributed by atoms with van der Waals surface area (Å²) in [7, 11) is 5.79. The maximum absolute atomic E-state index is 5.11. The maximum Gasteiger partial charge on any atom is 0.193 e. The Morgan fingerprint density at radius 1 is 1.22 bits per heavy atom. The number of likely N-dealkylation sites (tertiary alicyclic amines) is 1. The number of aliphatic imine (C=N–C) groups is 1. The second-order valence-corrected chi connectivity index (χ2v) is 7.00. The van der Waals surface area contributed by atoms with Gasteiger partial charge in [0, 0.05) is 46.9 Å². The van der Waals surface area contributed by atoms with E-state index in [-0.39, 0.29) is 24.0 Å². The zero-order valence-corrected chi connectivity index (χ0v) is 17.5. The average molecular weight is 438 g/mol. The van der Waals surface area contributed by atoms with Gasteiger partial charge in [-0.15, -0.1) is 24.0 Å². The van der Waals surface area contributed by atoms with Crippen molar-refractivity contribution < 1.29 is 4.74 Å². The lowest BCUT2D eigenvalue weighted by Crippen LogP contribution is -2.44. The van der Waals surface area contributed by atoms with Crippen LogP contribution in [0.4, 0.5) is 0 Å². The van der Waals surface area contributed by atoms with Crippen LogP contribution in [0, 0.1) is 5.41 Å². The largest absolute Gasteiger partial charge is 0.383 e. The van der Waals surface area contributed by atoms with Crippen LogP contribution in [0.3, 0.4) is 0 Å². The van der Waals surface area contributed by atoms with Gasteiger partial charge in [0.25, 0.3) is 0 Å². The summed E-state index contributed by atoms with van der Waals surface area (Å²) >= 11 is 0. The third kappa shape index (κ3) is 6.38. The summed E-state index contributed by atoms with van der Waals surface area (Å²) in [5.41, 5.74) is 0.588. The molecule has 0 radical (unpaired) electrons. The van der Waals surface area contributed by atoms with Crippen molar-refractivity contribution in [2.75, 3.05) is 60.5 Å². The zero-order valence-electron chi connectivity index (χ0n) is 15.1. The number of hydrogen-bond donors (Lipinski definition) is 1. The van der Waals surface area contributed by atoms with Crippen LogP contribution in [0.25, 0.3) is 0 Å². The number of likely N-dealkylation sites (N-methyl/N-ethyl adjacent to an activating group) is 1. The summed E-state index contributed by atoms with van der Waals surface area (Å²) in [6.07, 6.45) is 8.46. The molecule has 0 aromatic heterocycles. The third-order valence-electron chi connectivity index (χ3n) is 5.32. The van der Waals surface area contributed by atoms with Crippen molar-refractivity contribution in [1.29, 1.82) is 0 Å². The molecular weight excluding hydrogens is 403 g/mol. The number of hydrogen-bond acceptors (Lipinski definition) is 3. The van der Waals surface area contributed by atoms with E-state index in [0.29, 0.717) is 5.41 Å². The Morgan fingerprint density at radius 2 is 1.96 bits per heavy atom. The molecule has 5 nitrogen and oxygen atoms in total. The molecule has 1 N–H and O–H groups in total. The van der Waals surface area contributed by atoms with E-state index in [1.807, 2.05) is 7.05 Å². The smallest absolute Gasteiger partial charge is 0.193 e. The van der Waals surface area contributed by atoms with E-state index in [9.17, 15) is 0 Å². The average Bonchev–Trinajstić information content (AvgIpc) is 2.93. The van der Waals surface area contributed by atoms with E-state index >= 15 is 0 Å². The summed E-state index contributed by atoms with van der Waals surface area (Å²) in [5, 5.41) is 3.53. The molecular formula is C17H35IN4O. The summed E-state index contributed by atoms with van der Waals surface area (Å²) in [5.74, 6) is 1.09. The van der Waals surface area contributed by atoms with Gasteiger partial charge in [0.05, 0.1) is 6.61 Å². The number of nitrogens with zero attached hydrogens (tertiary/aromatic N) is 3. The van der Waals surface area contributed by atoms with Gasteiger partial charge in [-0.1, -0.05) is 19.3 Å². The third-order valence-corrected chi connectivity index (χ3v) is 5.32. The number of guanidine groups is 1. The Morgan fingerprint density at radius 3 is 2.61 bits per heavy atom. The number of methoxy groups -OCH3 is 1. The molecule has 1 heterocycles. The molecule has 1 spiro atoms. The van der Waals surface area contributed by atoms with E-state index in [1.54, 1.807) is 7.11 Å². The molecule has 23 heavy (non-hydrogen) atoms. The Balaban J connectivity index is 0.00000264. The topological polar surface area (TPSA) is 40.1 Å². The predicted octanol–water partition coefficient (Wildman–Crippen LogP) is 2.41. The van der Waals surface area contributed by atoms with Crippen molar-refractivity contribution >= 4 is 29.9 Å². The first kappa shape index (κ1) is 21.0. The summed E-state index contributed by atoms with van der Waals surface area (Å²) in [6, 6.07) is 0. The summed E-state index contributed by atoms with van der Waals surface area (Å²) in [6.45, 7) is 6.09. The molecule has 136 valence electrons. The van der Waals surface area contributed by atoms with Crippen LogP contribution in [0.5, 0.6) is 0 Å². The van der Waals surface area contributed by atoms with Gasteiger partial charge in [0.2, 0.25) is 0 Å². The van der Waals surface area contributed by atoms with Crippen LogP contribution in [0.15, 0.2) is 4.99 Å². The van der Waals surface area contributed by atoms with Crippen LogP contribution < -0.4 is 5.32 Å². The fourth-order valence-electron chi connectivity index (χ4n) is 3.88. The van der Waals surface area contributed by atoms with E-state index in [0.717, 1.165) is 32.2 Å². The molecule has 2 aliphatic rings. The summed E-state index contributed by atoms with van der Waals surface area (Å²) < 4.78 is 5.11. The van der Waals surface area contributed by atoms with Crippen molar-refractivity contribution in [1.82, 2.24) is 15.1 Å². The molecule has 0 aromatic carbocycles. The molecule has 0 atom stereocenters. The molecule has 1 aliphatic heterocycles. The second kappa shape index (κ2) is 10.7. The van der Waals surface area contributed by atoms with Crippen molar-refractivity contribution in [3.63, 3.8) is 0 Å². The fraction of sp³-hybridized carbons (Fsp3) is 0.941. The first-order chi connectivity index (χ1) is 10.7. The molecule has 1 saturated carbocycles. The minimum absolute atomic E-state index is 0. The molecule has 6 heteroatoms. The highest BCUT2D eigenvalue weighted by atomic mass is 127. The molecule has 1 saturated heterocycles. The SMILES string of the molecule is CN=C(NCCN(C)CCOC)N1CCC2(CCCCC2)C1.I. The van der Waals surface area contributed by atoms with Gasteiger partial charge in [-0.25, -0.2) is 0 Å². The van der Waals surface area contributed by atoms with Gasteiger partial charge in [0.15, 0.2) is 5.96 Å². The quantitative estimate of drug-likeness (QED) is 0.393. The van der Waals surface area contributed by atoms with Crippen LogP contribution in [0.2, 0.25) is 0 Å². The van der Waals surface area contributed by atoms with Gasteiger partial charge in [-0.05, 0) is 31.7 Å². The zero-order chi connectivity index (χ0) is 15.8. The van der Waals surface area contributed by atoms with Crippen molar-refractivity contribution in [2.45, 2.75) is 38.5 Å². The Kier molecular flexibility index (Phi) is 9.77. The normalized spacial score (nSPS) is 20.9. The Bertz CT molecular complexity index is 359. The highest BCUT2D eigenvalue weighted by Crippen LogP contribution is 2.43. The highest BCUT2D eigenvalue weighted by molar-refractivity contribution is 14.0. The molecule has 2 rings (SSSR count). The molecule has 0 bridgehead atoms. The van der Waals surface area contributed by atoms with Crippen LogP contribution in [-0.4, -0.2) is 76.3 Å². The maximum atomic E-state index is 5.11. The first-order valence-electron chi connectivity index (χ1n) is 8.82. The minimum atomic E-state index is 0. The first-order valence-corrected chi connectivity index (χ1v) is 8.82. The second-order valence-electron chi connectivity index (χ2n) is 7.00.